The minimum atomic E-state index is -0.621. The molecule has 142 valence electrons. The lowest BCUT2D eigenvalue weighted by molar-refractivity contribution is -0.113. The molecular weight excluding hydrogens is 370 g/mol. The molecule has 0 aromatic heterocycles. The number of ether oxygens (including phenoxy) is 3. The first-order chi connectivity index (χ1) is 13.0. The van der Waals surface area contributed by atoms with Gasteiger partial charge in [-0.2, -0.15) is 0 Å². The molecule has 0 saturated carbocycles. The third-order valence-corrected chi connectivity index (χ3v) is 4.50. The highest BCUT2D eigenvalue weighted by atomic mass is 32.2. The Bertz CT molecular complexity index is 800. The number of rotatable bonds is 7. The normalized spacial score (nSPS) is 10.0. The summed E-state index contributed by atoms with van der Waals surface area (Å²) in [7, 11) is 4.05. The lowest BCUT2D eigenvalue weighted by Crippen LogP contribution is -2.16. The molecule has 0 radical (unpaired) electrons. The smallest absolute Gasteiger partial charge is 0.337 e. The van der Waals surface area contributed by atoms with Crippen LogP contribution in [-0.4, -0.2) is 44.9 Å². The summed E-state index contributed by atoms with van der Waals surface area (Å²) in [5.74, 6) is -0.636. The highest BCUT2D eigenvalue weighted by Crippen LogP contribution is 2.22. The van der Waals surface area contributed by atoms with Crippen molar-refractivity contribution < 1.29 is 28.6 Å². The molecule has 27 heavy (non-hydrogen) atoms. The number of methoxy groups -OCH3 is 3. The van der Waals surface area contributed by atoms with Crippen LogP contribution in [0.5, 0.6) is 5.75 Å². The number of carbonyl (C=O) groups excluding carboxylic acids is 3. The van der Waals surface area contributed by atoms with Crippen molar-refractivity contribution in [2.24, 2.45) is 0 Å². The van der Waals surface area contributed by atoms with Crippen molar-refractivity contribution in [3.8, 4) is 5.75 Å². The molecular formula is C19H19NO6S. The zero-order chi connectivity index (χ0) is 19.8. The van der Waals surface area contributed by atoms with Crippen LogP contribution in [0.4, 0.5) is 5.69 Å². The second-order valence-corrected chi connectivity index (χ2v) is 6.34. The molecule has 0 saturated heterocycles. The average molecular weight is 389 g/mol. The van der Waals surface area contributed by atoms with Crippen molar-refractivity contribution >= 4 is 35.3 Å². The maximum atomic E-state index is 12.2. The van der Waals surface area contributed by atoms with Crippen LogP contribution < -0.4 is 10.1 Å². The summed E-state index contributed by atoms with van der Waals surface area (Å²) in [5, 5.41) is 2.67. The molecule has 2 aromatic rings. The van der Waals surface area contributed by atoms with Gasteiger partial charge in [0.15, 0.2) is 0 Å². The van der Waals surface area contributed by atoms with E-state index < -0.39 is 11.9 Å². The van der Waals surface area contributed by atoms with Crippen LogP contribution in [0.15, 0.2) is 47.4 Å². The van der Waals surface area contributed by atoms with Crippen LogP contribution in [0, 0.1) is 0 Å². The highest BCUT2D eigenvalue weighted by Gasteiger charge is 2.15. The van der Waals surface area contributed by atoms with Crippen molar-refractivity contribution in [1.29, 1.82) is 0 Å². The van der Waals surface area contributed by atoms with Crippen molar-refractivity contribution in [2.75, 3.05) is 32.4 Å². The quantitative estimate of drug-likeness (QED) is 0.575. The van der Waals surface area contributed by atoms with E-state index in [9.17, 15) is 14.4 Å². The molecule has 0 aliphatic heterocycles. The van der Waals surface area contributed by atoms with Crippen LogP contribution in [-0.2, 0) is 14.3 Å². The molecule has 0 spiro atoms. The van der Waals surface area contributed by atoms with Gasteiger partial charge in [0, 0.05) is 10.6 Å². The van der Waals surface area contributed by atoms with E-state index in [1.807, 2.05) is 24.3 Å². The molecule has 0 aliphatic rings. The number of amides is 1. The Morgan fingerprint density at radius 3 is 1.93 bits per heavy atom. The number of hydrogen-bond acceptors (Lipinski definition) is 7. The van der Waals surface area contributed by atoms with E-state index in [0.717, 1.165) is 10.6 Å². The van der Waals surface area contributed by atoms with E-state index >= 15 is 0 Å². The van der Waals surface area contributed by atoms with E-state index in [0.29, 0.717) is 5.69 Å². The summed E-state index contributed by atoms with van der Waals surface area (Å²) >= 11 is 1.35. The van der Waals surface area contributed by atoms with E-state index in [-0.39, 0.29) is 22.8 Å². The van der Waals surface area contributed by atoms with Crippen LogP contribution >= 0.6 is 11.8 Å². The van der Waals surface area contributed by atoms with Gasteiger partial charge >= 0.3 is 11.9 Å². The molecule has 0 aliphatic carbocycles. The second kappa shape index (κ2) is 9.63. The fourth-order valence-electron chi connectivity index (χ4n) is 2.19. The molecule has 1 amide bonds. The number of carbonyl (C=O) groups is 3. The summed E-state index contributed by atoms with van der Waals surface area (Å²) in [5.41, 5.74) is 0.579. The number of benzene rings is 2. The van der Waals surface area contributed by atoms with Gasteiger partial charge in [0.05, 0.1) is 38.2 Å². The van der Waals surface area contributed by atoms with Gasteiger partial charge in [-0.05, 0) is 42.5 Å². The Morgan fingerprint density at radius 1 is 0.889 bits per heavy atom. The number of nitrogens with one attached hydrogen (secondary N) is 1. The monoisotopic (exact) mass is 389 g/mol. The van der Waals surface area contributed by atoms with E-state index in [1.165, 1.54) is 44.2 Å². The van der Waals surface area contributed by atoms with Crippen LogP contribution in [0.25, 0.3) is 0 Å². The third-order valence-electron chi connectivity index (χ3n) is 3.49. The van der Waals surface area contributed by atoms with E-state index in [1.54, 1.807) is 7.11 Å². The van der Waals surface area contributed by atoms with Crippen LogP contribution in [0.2, 0.25) is 0 Å². The maximum Gasteiger partial charge on any atom is 0.337 e. The van der Waals surface area contributed by atoms with Gasteiger partial charge in [0.1, 0.15) is 5.75 Å². The zero-order valence-electron chi connectivity index (χ0n) is 15.1. The predicted octanol–water partition coefficient (Wildman–Crippen LogP) is 3.00. The summed E-state index contributed by atoms with van der Waals surface area (Å²) < 4.78 is 14.4. The van der Waals surface area contributed by atoms with Crippen molar-refractivity contribution in [2.45, 2.75) is 4.90 Å². The summed E-state index contributed by atoms with van der Waals surface area (Å²) in [6, 6.07) is 11.5. The van der Waals surface area contributed by atoms with Crippen molar-refractivity contribution in [3.05, 3.63) is 53.6 Å². The number of esters is 2. The molecule has 8 heteroatoms. The van der Waals surface area contributed by atoms with Crippen molar-refractivity contribution in [1.82, 2.24) is 0 Å². The molecule has 0 heterocycles. The largest absolute Gasteiger partial charge is 0.497 e. The molecule has 2 rings (SSSR count). The number of thioether (sulfide) groups is 1. The summed E-state index contributed by atoms with van der Waals surface area (Å²) in [4.78, 5) is 36.7. The molecule has 7 nitrogen and oxygen atoms in total. The molecule has 2 aromatic carbocycles. The van der Waals surface area contributed by atoms with Gasteiger partial charge in [-0.15, -0.1) is 11.8 Å². The SMILES string of the molecule is COC(=O)c1cc(NC(=O)CSc2ccc(OC)cc2)cc(C(=O)OC)c1. The van der Waals surface area contributed by atoms with E-state index in [4.69, 9.17) is 4.74 Å². The van der Waals surface area contributed by atoms with Gasteiger partial charge in [0.2, 0.25) is 5.91 Å². The Hall–Kier alpha value is -3.00. The number of hydrogen-bond donors (Lipinski definition) is 1. The summed E-state index contributed by atoms with van der Waals surface area (Å²) in [6.45, 7) is 0. The van der Waals surface area contributed by atoms with Gasteiger partial charge in [-0.3, -0.25) is 4.79 Å². The Kier molecular flexibility index (Phi) is 7.25. The van der Waals surface area contributed by atoms with Gasteiger partial charge in [-0.1, -0.05) is 0 Å². The third kappa shape index (κ3) is 5.75. The molecule has 0 unspecified atom stereocenters. The van der Waals surface area contributed by atoms with Gasteiger partial charge in [0.25, 0.3) is 0 Å². The zero-order valence-corrected chi connectivity index (χ0v) is 15.9. The lowest BCUT2D eigenvalue weighted by Gasteiger charge is -2.09. The standard InChI is InChI=1S/C19H19NO6S/c1-24-15-4-6-16(7-5-15)27-11-17(21)20-14-9-12(18(22)25-2)8-13(10-14)19(23)26-3/h4-10H,11H2,1-3H3,(H,20,21). The Labute approximate surface area is 161 Å². The predicted molar refractivity (Wildman–Crippen MR) is 101 cm³/mol. The maximum absolute atomic E-state index is 12.2. The second-order valence-electron chi connectivity index (χ2n) is 5.29. The van der Waals surface area contributed by atoms with E-state index in [2.05, 4.69) is 14.8 Å². The first-order valence-corrected chi connectivity index (χ1v) is 8.83. The first-order valence-electron chi connectivity index (χ1n) is 7.85. The van der Waals surface area contributed by atoms with Crippen LogP contribution in [0.3, 0.4) is 0 Å². The molecule has 1 N–H and O–H groups in total. The molecule has 0 atom stereocenters. The first kappa shape index (κ1) is 20.3. The van der Waals surface area contributed by atoms with Gasteiger partial charge < -0.3 is 19.5 Å². The highest BCUT2D eigenvalue weighted by molar-refractivity contribution is 8.00. The fraction of sp³-hybridized carbons (Fsp3) is 0.211. The lowest BCUT2D eigenvalue weighted by atomic mass is 10.1. The minimum Gasteiger partial charge on any atom is -0.497 e. The van der Waals surface area contributed by atoms with Gasteiger partial charge in [-0.25, -0.2) is 9.59 Å². The molecule has 0 bridgehead atoms. The summed E-state index contributed by atoms with van der Waals surface area (Å²) in [6.07, 6.45) is 0. The van der Waals surface area contributed by atoms with Crippen molar-refractivity contribution in [3.63, 3.8) is 0 Å². The average Bonchev–Trinajstić information content (AvgIpc) is 2.71. The van der Waals surface area contributed by atoms with Crippen LogP contribution in [0.1, 0.15) is 20.7 Å². The Morgan fingerprint density at radius 2 is 1.44 bits per heavy atom. The molecule has 0 fully saturated rings. The minimum absolute atomic E-state index is 0.138. The number of anilines is 1. The Balaban J connectivity index is 2.08. The fourth-order valence-corrected chi connectivity index (χ4v) is 2.89. The topological polar surface area (TPSA) is 90.9 Å².